The molecule has 4 nitrogen and oxygen atoms in total. The third kappa shape index (κ3) is 4.45. The highest BCUT2D eigenvalue weighted by atomic mass is 79.9. The Morgan fingerprint density at radius 3 is 3.00 bits per heavy atom. The molecule has 20 heavy (non-hydrogen) atoms. The summed E-state index contributed by atoms with van der Waals surface area (Å²) in [5, 5.41) is 0. The van der Waals surface area contributed by atoms with Gasteiger partial charge in [0, 0.05) is 12.6 Å². The zero-order valence-electron chi connectivity index (χ0n) is 11.9. The molecule has 0 radical (unpaired) electrons. The summed E-state index contributed by atoms with van der Waals surface area (Å²) in [6, 6.07) is 6.43. The summed E-state index contributed by atoms with van der Waals surface area (Å²) in [5.41, 5.74) is 4.16. The van der Waals surface area contributed by atoms with Gasteiger partial charge in [-0.05, 0) is 65.7 Å². The first-order valence-corrected chi connectivity index (χ1v) is 7.92. The van der Waals surface area contributed by atoms with Crippen LogP contribution in [0, 0.1) is 0 Å². The van der Waals surface area contributed by atoms with Crippen LogP contribution in [-0.2, 0) is 11.2 Å². The molecule has 1 aliphatic heterocycles. The van der Waals surface area contributed by atoms with Crippen molar-refractivity contribution in [2.24, 2.45) is 5.84 Å². The molecule has 0 spiro atoms. The number of halogens is 1. The van der Waals surface area contributed by atoms with Crippen LogP contribution < -0.4 is 16.0 Å². The van der Waals surface area contributed by atoms with E-state index in [1.54, 1.807) is 7.11 Å². The zero-order valence-corrected chi connectivity index (χ0v) is 13.5. The molecule has 2 rings (SSSR count). The van der Waals surface area contributed by atoms with Gasteiger partial charge in [-0.25, -0.2) is 0 Å². The van der Waals surface area contributed by atoms with Crippen molar-refractivity contribution in [2.45, 2.75) is 44.2 Å². The topological polar surface area (TPSA) is 56.5 Å². The Labute approximate surface area is 129 Å². The lowest BCUT2D eigenvalue weighted by Gasteiger charge is -2.18. The van der Waals surface area contributed by atoms with E-state index in [-0.39, 0.29) is 6.04 Å². The zero-order chi connectivity index (χ0) is 14.4. The summed E-state index contributed by atoms with van der Waals surface area (Å²) in [5.74, 6) is 6.52. The first-order chi connectivity index (χ1) is 9.72. The van der Waals surface area contributed by atoms with Gasteiger partial charge in [0.15, 0.2) is 0 Å². The minimum atomic E-state index is 0.277. The Hall–Kier alpha value is -0.620. The van der Waals surface area contributed by atoms with Gasteiger partial charge < -0.3 is 9.47 Å². The van der Waals surface area contributed by atoms with Crippen molar-refractivity contribution in [3.8, 4) is 5.75 Å². The first kappa shape index (κ1) is 15.8. The molecule has 1 fully saturated rings. The van der Waals surface area contributed by atoms with Crippen LogP contribution in [-0.4, -0.2) is 25.9 Å². The van der Waals surface area contributed by atoms with E-state index in [1.807, 2.05) is 6.07 Å². The minimum Gasteiger partial charge on any atom is -0.496 e. The highest BCUT2D eigenvalue weighted by Gasteiger charge is 2.18. The SMILES string of the molecule is COc1ccc(CC(CCC2CCCO2)NN)cc1Br. The number of nitrogens with one attached hydrogen (secondary N) is 1. The summed E-state index contributed by atoms with van der Waals surface area (Å²) in [4.78, 5) is 0. The van der Waals surface area contributed by atoms with Crippen LogP contribution in [0.1, 0.15) is 31.2 Å². The number of hydrogen-bond donors (Lipinski definition) is 2. The van der Waals surface area contributed by atoms with Crippen LogP contribution in [0.4, 0.5) is 0 Å². The Kier molecular flexibility index (Phi) is 6.29. The van der Waals surface area contributed by atoms with Crippen LogP contribution in [0.3, 0.4) is 0 Å². The number of hydrogen-bond acceptors (Lipinski definition) is 4. The smallest absolute Gasteiger partial charge is 0.133 e. The van der Waals surface area contributed by atoms with Gasteiger partial charge in [-0.15, -0.1) is 0 Å². The maximum absolute atomic E-state index is 5.67. The van der Waals surface area contributed by atoms with E-state index in [1.165, 1.54) is 18.4 Å². The molecule has 2 atom stereocenters. The van der Waals surface area contributed by atoms with E-state index in [4.69, 9.17) is 15.3 Å². The molecule has 0 bridgehead atoms. The average molecular weight is 343 g/mol. The van der Waals surface area contributed by atoms with Crippen molar-refractivity contribution >= 4 is 15.9 Å². The molecule has 5 heteroatoms. The van der Waals surface area contributed by atoms with E-state index in [0.29, 0.717) is 6.10 Å². The number of hydrazine groups is 1. The van der Waals surface area contributed by atoms with Crippen LogP contribution in [0.5, 0.6) is 5.75 Å². The fourth-order valence-electron chi connectivity index (χ4n) is 2.62. The molecule has 0 aromatic heterocycles. The number of benzene rings is 1. The van der Waals surface area contributed by atoms with Gasteiger partial charge in [-0.3, -0.25) is 11.3 Å². The summed E-state index contributed by atoms with van der Waals surface area (Å²) in [6.07, 6.45) is 5.82. The molecule has 112 valence electrons. The molecule has 3 N–H and O–H groups in total. The first-order valence-electron chi connectivity index (χ1n) is 7.13. The highest BCUT2D eigenvalue weighted by molar-refractivity contribution is 9.10. The maximum Gasteiger partial charge on any atom is 0.133 e. The van der Waals surface area contributed by atoms with E-state index in [9.17, 15) is 0 Å². The van der Waals surface area contributed by atoms with Crippen LogP contribution in [0.2, 0.25) is 0 Å². The lowest BCUT2D eigenvalue weighted by atomic mass is 10.00. The molecular weight excluding hydrogens is 320 g/mol. The molecular formula is C15H23BrN2O2. The van der Waals surface area contributed by atoms with Crippen molar-refractivity contribution in [1.29, 1.82) is 0 Å². The van der Waals surface area contributed by atoms with Crippen molar-refractivity contribution in [3.05, 3.63) is 28.2 Å². The van der Waals surface area contributed by atoms with Gasteiger partial charge >= 0.3 is 0 Å². The van der Waals surface area contributed by atoms with Crippen molar-refractivity contribution < 1.29 is 9.47 Å². The van der Waals surface area contributed by atoms with Gasteiger partial charge in [0.2, 0.25) is 0 Å². The summed E-state index contributed by atoms with van der Waals surface area (Å²) < 4.78 is 11.9. The molecule has 1 saturated heterocycles. The Morgan fingerprint density at radius 2 is 2.40 bits per heavy atom. The molecule has 1 aliphatic rings. The third-order valence-corrected chi connectivity index (χ3v) is 4.41. The predicted octanol–water partition coefficient (Wildman–Crippen LogP) is 2.79. The number of nitrogens with two attached hydrogens (primary N) is 1. The van der Waals surface area contributed by atoms with E-state index in [2.05, 4.69) is 33.5 Å². The van der Waals surface area contributed by atoms with Crippen LogP contribution in [0.25, 0.3) is 0 Å². The number of rotatable bonds is 7. The molecule has 0 aliphatic carbocycles. The van der Waals surface area contributed by atoms with E-state index >= 15 is 0 Å². The Balaban J connectivity index is 1.86. The van der Waals surface area contributed by atoms with Gasteiger partial charge in [-0.2, -0.15) is 0 Å². The fourth-order valence-corrected chi connectivity index (χ4v) is 3.21. The average Bonchev–Trinajstić information content (AvgIpc) is 2.97. The number of methoxy groups -OCH3 is 1. The molecule has 1 aromatic carbocycles. The van der Waals surface area contributed by atoms with Crippen LogP contribution in [0.15, 0.2) is 22.7 Å². The number of ether oxygens (including phenoxy) is 2. The van der Waals surface area contributed by atoms with Gasteiger partial charge in [0.25, 0.3) is 0 Å². The normalized spacial score (nSPS) is 20.1. The van der Waals surface area contributed by atoms with E-state index in [0.717, 1.165) is 36.1 Å². The van der Waals surface area contributed by atoms with Crippen molar-refractivity contribution in [1.82, 2.24) is 5.43 Å². The maximum atomic E-state index is 5.67. The Bertz CT molecular complexity index is 422. The minimum absolute atomic E-state index is 0.277. The predicted molar refractivity (Wildman–Crippen MR) is 83.7 cm³/mol. The molecule has 1 aromatic rings. The van der Waals surface area contributed by atoms with Gasteiger partial charge in [-0.1, -0.05) is 6.07 Å². The summed E-state index contributed by atoms with van der Waals surface area (Å²) in [6.45, 7) is 0.914. The lowest BCUT2D eigenvalue weighted by Crippen LogP contribution is -2.37. The largest absolute Gasteiger partial charge is 0.496 e. The van der Waals surface area contributed by atoms with Gasteiger partial charge in [0.1, 0.15) is 5.75 Å². The summed E-state index contributed by atoms with van der Waals surface area (Å²) >= 11 is 3.52. The molecule has 0 amide bonds. The van der Waals surface area contributed by atoms with E-state index < -0.39 is 0 Å². The molecule has 1 heterocycles. The van der Waals surface area contributed by atoms with Crippen molar-refractivity contribution in [3.63, 3.8) is 0 Å². The molecule has 0 saturated carbocycles. The highest BCUT2D eigenvalue weighted by Crippen LogP contribution is 2.26. The van der Waals surface area contributed by atoms with Gasteiger partial charge in [0.05, 0.1) is 17.7 Å². The third-order valence-electron chi connectivity index (χ3n) is 3.80. The summed E-state index contributed by atoms with van der Waals surface area (Å²) in [7, 11) is 1.67. The second kappa shape index (κ2) is 7.98. The lowest BCUT2D eigenvalue weighted by molar-refractivity contribution is 0.0996. The van der Waals surface area contributed by atoms with Crippen molar-refractivity contribution in [2.75, 3.05) is 13.7 Å². The second-order valence-corrected chi connectivity index (χ2v) is 6.10. The fraction of sp³-hybridized carbons (Fsp3) is 0.600. The quantitative estimate of drug-likeness (QED) is 0.590. The standard InChI is InChI=1S/C15H23BrN2O2/c1-19-15-7-4-11(10-14(15)16)9-12(18-17)5-6-13-3-2-8-20-13/h4,7,10,12-13,18H,2-3,5-6,8-9,17H2,1H3. The Morgan fingerprint density at radius 1 is 1.55 bits per heavy atom. The second-order valence-electron chi connectivity index (χ2n) is 5.25. The monoisotopic (exact) mass is 342 g/mol. The molecule has 2 unspecified atom stereocenters. The van der Waals surface area contributed by atoms with Crippen LogP contribution >= 0.6 is 15.9 Å².